The number of aliphatic hydroxyl groups excluding tert-OH is 1. The molecule has 2 N–H and O–H groups in total. The van der Waals surface area contributed by atoms with Crippen LogP contribution in [0.2, 0.25) is 0 Å². The van der Waals surface area contributed by atoms with Gasteiger partial charge in [-0.1, -0.05) is 56.3 Å². The number of amides is 2. The number of ketones is 1. The summed E-state index contributed by atoms with van der Waals surface area (Å²) in [5.74, 6) is -0.646. The standard InChI is InChI=1S/C29H32N4O4/c1-18(2)27(33-16-21-5-3-4-6-23(21)28(33)36)29(37)32-17-22(34)15-25(32)26(35)12-9-19-7-10-20(11-8-19)24-13-14-30-31-24/h3-8,10-11,13-14,18,22,25,27,34H,9,12,15-17H2,1-2H3,(H,30,31)/t22-,25+,27?/m1/s1. The third kappa shape index (κ3) is 4.93. The Bertz CT molecular complexity index is 1290. The highest BCUT2D eigenvalue weighted by Gasteiger charge is 2.45. The van der Waals surface area contributed by atoms with Gasteiger partial charge in [-0.3, -0.25) is 19.5 Å². The summed E-state index contributed by atoms with van der Waals surface area (Å²) in [4.78, 5) is 43.4. The Kier molecular flexibility index (Phi) is 6.93. The molecule has 1 aromatic heterocycles. The molecule has 0 radical (unpaired) electrons. The van der Waals surface area contributed by atoms with Crippen molar-refractivity contribution in [1.82, 2.24) is 20.0 Å². The number of benzene rings is 2. The number of rotatable bonds is 8. The molecule has 2 aliphatic rings. The summed E-state index contributed by atoms with van der Waals surface area (Å²) in [5.41, 5.74) is 4.48. The van der Waals surface area contributed by atoms with Gasteiger partial charge in [0.25, 0.3) is 5.91 Å². The number of hydrogen-bond donors (Lipinski definition) is 2. The minimum atomic E-state index is -0.758. The lowest BCUT2D eigenvalue weighted by atomic mass is 9.98. The van der Waals surface area contributed by atoms with Crippen LogP contribution in [0.1, 0.15) is 48.2 Å². The molecular weight excluding hydrogens is 468 g/mol. The molecule has 2 aliphatic heterocycles. The average molecular weight is 501 g/mol. The molecule has 37 heavy (non-hydrogen) atoms. The van der Waals surface area contributed by atoms with Gasteiger partial charge in [-0.05, 0) is 41.2 Å². The highest BCUT2D eigenvalue weighted by atomic mass is 16.3. The molecule has 3 aromatic rings. The van der Waals surface area contributed by atoms with E-state index in [2.05, 4.69) is 10.2 Å². The van der Waals surface area contributed by atoms with Crippen LogP contribution in [0.25, 0.3) is 11.3 Å². The molecule has 0 bridgehead atoms. The molecule has 192 valence electrons. The summed E-state index contributed by atoms with van der Waals surface area (Å²) in [7, 11) is 0. The summed E-state index contributed by atoms with van der Waals surface area (Å²) < 4.78 is 0. The molecule has 0 spiro atoms. The maximum atomic E-state index is 13.8. The maximum absolute atomic E-state index is 13.8. The molecule has 1 fully saturated rings. The van der Waals surface area contributed by atoms with Gasteiger partial charge in [0.1, 0.15) is 6.04 Å². The van der Waals surface area contributed by atoms with Gasteiger partial charge in [0, 0.05) is 37.7 Å². The van der Waals surface area contributed by atoms with Crippen LogP contribution in [-0.2, 0) is 22.6 Å². The lowest BCUT2D eigenvalue weighted by Gasteiger charge is -2.35. The minimum Gasteiger partial charge on any atom is -0.391 e. The van der Waals surface area contributed by atoms with Crippen LogP contribution in [0.4, 0.5) is 0 Å². The van der Waals surface area contributed by atoms with Crippen LogP contribution in [0.3, 0.4) is 0 Å². The zero-order chi connectivity index (χ0) is 26.1. The second-order valence-electron chi connectivity index (χ2n) is 10.3. The number of Topliss-reactive ketones (excluding diaryl/α,β-unsaturated/α-hetero) is 1. The molecule has 1 saturated heterocycles. The summed E-state index contributed by atoms with van der Waals surface area (Å²) >= 11 is 0. The fourth-order valence-electron chi connectivity index (χ4n) is 5.51. The number of aryl methyl sites for hydroxylation is 1. The fraction of sp³-hybridized carbons (Fsp3) is 0.379. The number of nitrogens with zero attached hydrogens (tertiary/aromatic N) is 3. The molecular formula is C29H32N4O4. The summed E-state index contributed by atoms with van der Waals surface area (Å²) in [5, 5.41) is 17.3. The van der Waals surface area contributed by atoms with Crippen molar-refractivity contribution >= 4 is 17.6 Å². The number of aromatic amines is 1. The molecule has 0 aliphatic carbocycles. The van der Waals surface area contributed by atoms with Crippen molar-refractivity contribution in [3.8, 4) is 11.3 Å². The normalized spacial score (nSPS) is 19.9. The van der Waals surface area contributed by atoms with Gasteiger partial charge in [0.2, 0.25) is 5.91 Å². The highest BCUT2D eigenvalue weighted by molar-refractivity contribution is 6.01. The van der Waals surface area contributed by atoms with E-state index in [1.807, 2.05) is 62.4 Å². The quantitative estimate of drug-likeness (QED) is 0.494. The molecule has 5 rings (SSSR count). The lowest BCUT2D eigenvalue weighted by Crippen LogP contribution is -2.54. The van der Waals surface area contributed by atoms with Crippen LogP contribution in [0, 0.1) is 5.92 Å². The van der Waals surface area contributed by atoms with Crippen molar-refractivity contribution in [1.29, 1.82) is 0 Å². The van der Waals surface area contributed by atoms with Gasteiger partial charge in [-0.15, -0.1) is 0 Å². The zero-order valence-electron chi connectivity index (χ0n) is 21.1. The third-order valence-corrected chi connectivity index (χ3v) is 7.43. The summed E-state index contributed by atoms with van der Waals surface area (Å²) in [6.45, 7) is 4.30. The Labute approximate surface area is 216 Å². The molecule has 3 atom stereocenters. The van der Waals surface area contributed by atoms with E-state index < -0.39 is 18.2 Å². The maximum Gasteiger partial charge on any atom is 0.255 e. The van der Waals surface area contributed by atoms with Crippen molar-refractivity contribution in [2.45, 2.75) is 57.8 Å². The molecule has 3 heterocycles. The Morgan fingerprint density at radius 2 is 1.86 bits per heavy atom. The van der Waals surface area contributed by atoms with Gasteiger partial charge < -0.3 is 14.9 Å². The average Bonchev–Trinajstić information content (AvgIpc) is 3.63. The van der Waals surface area contributed by atoms with Crippen LogP contribution < -0.4 is 0 Å². The van der Waals surface area contributed by atoms with E-state index in [0.29, 0.717) is 18.5 Å². The van der Waals surface area contributed by atoms with Crippen molar-refractivity contribution < 1.29 is 19.5 Å². The van der Waals surface area contributed by atoms with Crippen LogP contribution in [-0.4, -0.2) is 67.4 Å². The molecule has 1 unspecified atom stereocenters. The number of fused-ring (bicyclic) bond motifs is 1. The molecule has 2 amide bonds. The number of aliphatic hydroxyl groups is 1. The Morgan fingerprint density at radius 1 is 1.11 bits per heavy atom. The van der Waals surface area contributed by atoms with Crippen LogP contribution in [0.5, 0.6) is 0 Å². The van der Waals surface area contributed by atoms with E-state index >= 15 is 0 Å². The first-order valence-corrected chi connectivity index (χ1v) is 12.8. The zero-order valence-corrected chi connectivity index (χ0v) is 21.1. The van der Waals surface area contributed by atoms with Gasteiger partial charge in [-0.2, -0.15) is 5.10 Å². The van der Waals surface area contributed by atoms with Crippen molar-refractivity contribution in [2.75, 3.05) is 6.54 Å². The number of carbonyl (C=O) groups is 3. The molecule has 8 heteroatoms. The molecule has 2 aromatic carbocycles. The third-order valence-electron chi connectivity index (χ3n) is 7.43. The van der Waals surface area contributed by atoms with Crippen molar-refractivity contribution in [3.05, 3.63) is 77.5 Å². The van der Waals surface area contributed by atoms with E-state index in [9.17, 15) is 19.5 Å². The predicted molar refractivity (Wildman–Crippen MR) is 138 cm³/mol. The number of nitrogens with one attached hydrogen (secondary N) is 1. The van der Waals surface area contributed by atoms with E-state index in [0.717, 1.165) is 22.4 Å². The first kappa shape index (κ1) is 24.9. The van der Waals surface area contributed by atoms with E-state index in [1.165, 1.54) is 4.90 Å². The van der Waals surface area contributed by atoms with Crippen molar-refractivity contribution in [3.63, 3.8) is 0 Å². The number of hydrogen-bond acceptors (Lipinski definition) is 5. The number of aromatic nitrogens is 2. The predicted octanol–water partition coefficient (Wildman–Crippen LogP) is 3.22. The van der Waals surface area contributed by atoms with Gasteiger partial charge in [0.15, 0.2) is 5.78 Å². The van der Waals surface area contributed by atoms with E-state index in [4.69, 9.17) is 0 Å². The van der Waals surface area contributed by atoms with Crippen LogP contribution in [0.15, 0.2) is 60.8 Å². The van der Waals surface area contributed by atoms with E-state index in [-0.39, 0.29) is 42.9 Å². The van der Waals surface area contributed by atoms with Crippen LogP contribution >= 0.6 is 0 Å². The second kappa shape index (κ2) is 10.3. The highest BCUT2D eigenvalue weighted by Crippen LogP contribution is 2.30. The lowest BCUT2D eigenvalue weighted by molar-refractivity contribution is -0.142. The number of likely N-dealkylation sites (tertiary alicyclic amines) is 1. The number of β-amino-alcohol motifs (C(OH)–C–C–N with tert-alkyl or cyclic N) is 1. The smallest absolute Gasteiger partial charge is 0.255 e. The number of H-pyrrole nitrogens is 1. The first-order chi connectivity index (χ1) is 17.8. The van der Waals surface area contributed by atoms with Gasteiger partial charge in [0.05, 0.1) is 17.8 Å². The number of carbonyl (C=O) groups excluding carboxylic acids is 3. The summed E-state index contributed by atoms with van der Waals surface area (Å²) in [6.07, 6.45) is 1.98. The Morgan fingerprint density at radius 3 is 2.54 bits per heavy atom. The fourth-order valence-corrected chi connectivity index (χ4v) is 5.51. The summed E-state index contributed by atoms with van der Waals surface area (Å²) in [6, 6.07) is 15.9. The minimum absolute atomic E-state index is 0.0684. The Hall–Kier alpha value is -3.78. The largest absolute Gasteiger partial charge is 0.391 e. The Balaban J connectivity index is 1.27. The molecule has 0 saturated carbocycles. The van der Waals surface area contributed by atoms with Gasteiger partial charge >= 0.3 is 0 Å². The van der Waals surface area contributed by atoms with E-state index in [1.54, 1.807) is 17.2 Å². The van der Waals surface area contributed by atoms with Gasteiger partial charge in [-0.25, -0.2) is 0 Å². The van der Waals surface area contributed by atoms with Crippen molar-refractivity contribution in [2.24, 2.45) is 5.92 Å². The topological polar surface area (TPSA) is 107 Å². The molecule has 8 nitrogen and oxygen atoms in total. The SMILES string of the molecule is CC(C)C(C(=O)N1C[C@H](O)C[C@H]1C(=O)CCc1ccc(-c2ccn[nH]2)cc1)N1Cc2ccccc2C1=O. The second-order valence-corrected chi connectivity index (χ2v) is 10.3. The first-order valence-electron chi connectivity index (χ1n) is 12.8. The monoisotopic (exact) mass is 500 g/mol.